The van der Waals surface area contributed by atoms with Crippen LogP contribution in [0.1, 0.15) is 23.0 Å². The van der Waals surface area contributed by atoms with Crippen LogP contribution in [-0.2, 0) is 6.42 Å². The van der Waals surface area contributed by atoms with E-state index in [2.05, 4.69) is 33.8 Å². The van der Waals surface area contributed by atoms with Crippen molar-refractivity contribution < 1.29 is 9.53 Å². The minimum absolute atomic E-state index is 0.227. The van der Waals surface area contributed by atoms with Gasteiger partial charge in [-0.2, -0.15) is 0 Å². The monoisotopic (exact) mass is 348 g/mol. The van der Waals surface area contributed by atoms with Crippen LogP contribution in [0.5, 0.6) is 5.75 Å². The Bertz CT molecular complexity index is 894. The van der Waals surface area contributed by atoms with Gasteiger partial charge < -0.3 is 15.4 Å². The fraction of sp³-hybridized carbons (Fsp3) is 0.150. The summed E-state index contributed by atoms with van der Waals surface area (Å²) in [6.45, 7) is 2.09. The molecule has 1 heterocycles. The Morgan fingerprint density at radius 2 is 1.69 bits per heavy atom. The van der Waals surface area contributed by atoms with Crippen molar-refractivity contribution >= 4 is 23.1 Å². The fourth-order valence-corrected chi connectivity index (χ4v) is 2.54. The molecule has 0 radical (unpaired) electrons. The summed E-state index contributed by atoms with van der Waals surface area (Å²) in [4.78, 5) is 12.4. The van der Waals surface area contributed by atoms with Crippen LogP contribution in [0.2, 0.25) is 0 Å². The van der Waals surface area contributed by atoms with Gasteiger partial charge >= 0.3 is 0 Å². The van der Waals surface area contributed by atoms with Crippen molar-refractivity contribution in [3.8, 4) is 5.75 Å². The number of carbonyl (C=O) groups excluding carboxylic acids is 1. The van der Waals surface area contributed by atoms with E-state index in [1.165, 1.54) is 5.56 Å². The number of hydrogen-bond acceptors (Lipinski definition) is 5. The number of aryl methyl sites for hydroxylation is 1. The molecule has 3 aromatic rings. The summed E-state index contributed by atoms with van der Waals surface area (Å²) in [5.41, 5.74) is 2.98. The first-order valence-electron chi connectivity index (χ1n) is 8.34. The normalized spacial score (nSPS) is 10.2. The number of nitrogens with zero attached hydrogens (tertiary/aromatic N) is 2. The molecule has 0 spiro atoms. The summed E-state index contributed by atoms with van der Waals surface area (Å²) in [6.07, 6.45) is 0.913. The van der Waals surface area contributed by atoms with Crippen molar-refractivity contribution in [2.75, 3.05) is 17.7 Å². The van der Waals surface area contributed by atoms with Gasteiger partial charge in [0.15, 0.2) is 11.5 Å². The molecule has 0 aliphatic heterocycles. The minimum atomic E-state index is -0.345. The smallest absolute Gasteiger partial charge is 0.276 e. The minimum Gasteiger partial charge on any atom is -0.495 e. The third-order valence-electron chi connectivity index (χ3n) is 3.91. The van der Waals surface area contributed by atoms with Crippen molar-refractivity contribution in [1.29, 1.82) is 0 Å². The van der Waals surface area contributed by atoms with E-state index in [0.717, 1.165) is 12.1 Å². The lowest BCUT2D eigenvalue weighted by atomic mass is 10.1. The molecule has 3 rings (SSSR count). The Morgan fingerprint density at radius 1 is 0.962 bits per heavy atom. The number of methoxy groups -OCH3 is 1. The number of nitrogens with one attached hydrogen (secondary N) is 2. The van der Waals surface area contributed by atoms with Gasteiger partial charge in [-0.3, -0.25) is 4.79 Å². The quantitative estimate of drug-likeness (QED) is 0.703. The Balaban J connectivity index is 1.72. The van der Waals surface area contributed by atoms with Gasteiger partial charge in [0.05, 0.1) is 12.8 Å². The van der Waals surface area contributed by atoms with Gasteiger partial charge in [-0.1, -0.05) is 37.3 Å². The van der Waals surface area contributed by atoms with Gasteiger partial charge in [-0.25, -0.2) is 0 Å². The van der Waals surface area contributed by atoms with Crippen LogP contribution in [0.3, 0.4) is 0 Å². The van der Waals surface area contributed by atoms with Gasteiger partial charge in [0.1, 0.15) is 5.75 Å². The van der Waals surface area contributed by atoms with E-state index in [1.807, 2.05) is 30.3 Å². The van der Waals surface area contributed by atoms with Crippen molar-refractivity contribution in [2.24, 2.45) is 0 Å². The van der Waals surface area contributed by atoms with Crippen molar-refractivity contribution in [3.05, 3.63) is 71.9 Å². The second-order valence-electron chi connectivity index (χ2n) is 5.59. The van der Waals surface area contributed by atoms with Crippen LogP contribution in [-0.4, -0.2) is 23.2 Å². The topological polar surface area (TPSA) is 76.1 Å². The molecule has 1 aromatic heterocycles. The maximum Gasteiger partial charge on any atom is 0.276 e. The zero-order valence-electron chi connectivity index (χ0n) is 14.7. The average molecular weight is 348 g/mol. The summed E-state index contributed by atoms with van der Waals surface area (Å²) in [5.74, 6) is 0.825. The number of benzene rings is 2. The second kappa shape index (κ2) is 8.11. The molecule has 132 valence electrons. The molecule has 6 heteroatoms. The van der Waals surface area contributed by atoms with Crippen LogP contribution >= 0.6 is 0 Å². The van der Waals surface area contributed by atoms with Crippen LogP contribution in [0.4, 0.5) is 17.2 Å². The number of carbonyl (C=O) groups is 1. The third-order valence-corrected chi connectivity index (χ3v) is 3.91. The Kier molecular flexibility index (Phi) is 5.43. The van der Waals surface area contributed by atoms with Crippen LogP contribution in [0.15, 0.2) is 60.7 Å². The summed E-state index contributed by atoms with van der Waals surface area (Å²) < 4.78 is 5.23. The largest absolute Gasteiger partial charge is 0.495 e. The number of ether oxygens (including phenoxy) is 1. The van der Waals surface area contributed by atoms with E-state index in [-0.39, 0.29) is 11.6 Å². The number of aromatic nitrogens is 2. The van der Waals surface area contributed by atoms with E-state index < -0.39 is 0 Å². The van der Waals surface area contributed by atoms with Crippen molar-refractivity contribution in [3.63, 3.8) is 0 Å². The van der Waals surface area contributed by atoms with Crippen LogP contribution in [0.25, 0.3) is 0 Å². The average Bonchev–Trinajstić information content (AvgIpc) is 2.69. The fourth-order valence-electron chi connectivity index (χ4n) is 2.54. The first kappa shape index (κ1) is 17.4. The summed E-state index contributed by atoms with van der Waals surface area (Å²) in [5, 5.41) is 14.1. The van der Waals surface area contributed by atoms with E-state index in [0.29, 0.717) is 17.3 Å². The van der Waals surface area contributed by atoms with Gasteiger partial charge in [-0.05, 0) is 42.3 Å². The predicted octanol–water partition coefficient (Wildman–Crippen LogP) is 4.04. The highest BCUT2D eigenvalue weighted by Gasteiger charge is 2.11. The molecule has 0 atom stereocenters. The van der Waals surface area contributed by atoms with E-state index in [1.54, 1.807) is 31.4 Å². The number of hydrogen-bond donors (Lipinski definition) is 2. The second-order valence-corrected chi connectivity index (χ2v) is 5.59. The maximum atomic E-state index is 12.4. The molecule has 1 amide bonds. The lowest BCUT2D eigenvalue weighted by Crippen LogP contribution is -2.15. The highest BCUT2D eigenvalue weighted by molar-refractivity contribution is 6.03. The number of anilines is 3. The highest BCUT2D eigenvalue weighted by Crippen LogP contribution is 2.24. The van der Waals surface area contributed by atoms with E-state index >= 15 is 0 Å². The molecule has 26 heavy (non-hydrogen) atoms. The molecule has 0 saturated carbocycles. The molecule has 0 saturated heterocycles. The molecule has 0 unspecified atom stereocenters. The van der Waals surface area contributed by atoms with Crippen LogP contribution < -0.4 is 15.4 Å². The first-order chi connectivity index (χ1) is 12.7. The molecule has 0 fully saturated rings. The molecule has 0 bridgehead atoms. The summed E-state index contributed by atoms with van der Waals surface area (Å²) >= 11 is 0. The van der Waals surface area contributed by atoms with E-state index in [9.17, 15) is 4.79 Å². The van der Waals surface area contributed by atoms with Gasteiger partial charge in [-0.15, -0.1) is 10.2 Å². The summed E-state index contributed by atoms with van der Waals surface area (Å²) in [7, 11) is 1.55. The van der Waals surface area contributed by atoms with E-state index in [4.69, 9.17) is 4.74 Å². The van der Waals surface area contributed by atoms with Gasteiger partial charge in [0, 0.05) is 5.69 Å². The Hall–Kier alpha value is -3.41. The van der Waals surface area contributed by atoms with Crippen molar-refractivity contribution in [1.82, 2.24) is 10.2 Å². The lowest BCUT2D eigenvalue weighted by Gasteiger charge is -2.11. The van der Waals surface area contributed by atoms with Gasteiger partial charge in [0.2, 0.25) is 0 Å². The Morgan fingerprint density at radius 3 is 2.38 bits per heavy atom. The molecule has 6 nitrogen and oxygen atoms in total. The zero-order chi connectivity index (χ0) is 18.4. The lowest BCUT2D eigenvalue weighted by molar-refractivity contribution is 0.102. The number of amides is 1. The maximum absolute atomic E-state index is 12.4. The number of rotatable bonds is 6. The Labute approximate surface area is 152 Å². The predicted molar refractivity (Wildman–Crippen MR) is 102 cm³/mol. The molecule has 0 aliphatic rings. The molecular weight excluding hydrogens is 328 g/mol. The standard InChI is InChI=1S/C20H20N4O2/c1-3-14-8-4-5-9-15(14)21-19-13-12-17(23-24-19)20(25)22-16-10-6-7-11-18(16)26-2/h4-13H,3H2,1-2H3,(H,21,24)(H,22,25). The van der Waals surface area contributed by atoms with Crippen LogP contribution in [0, 0.1) is 0 Å². The zero-order valence-corrected chi connectivity index (χ0v) is 14.7. The molecular formula is C20H20N4O2. The first-order valence-corrected chi connectivity index (χ1v) is 8.34. The van der Waals surface area contributed by atoms with Crippen molar-refractivity contribution in [2.45, 2.75) is 13.3 Å². The molecule has 2 aromatic carbocycles. The molecule has 2 N–H and O–H groups in total. The third kappa shape index (κ3) is 3.97. The highest BCUT2D eigenvalue weighted by atomic mass is 16.5. The molecule has 0 aliphatic carbocycles. The number of para-hydroxylation sites is 3. The SMILES string of the molecule is CCc1ccccc1Nc1ccc(C(=O)Nc2ccccc2OC)nn1. The van der Waals surface area contributed by atoms with Gasteiger partial charge in [0.25, 0.3) is 5.91 Å². The summed E-state index contributed by atoms with van der Waals surface area (Å²) in [6, 6.07) is 18.6.